The van der Waals surface area contributed by atoms with Crippen LogP contribution in [0.4, 0.5) is 0 Å². The molecule has 1 aliphatic rings. The van der Waals surface area contributed by atoms with E-state index in [4.69, 9.17) is 4.74 Å². The van der Waals surface area contributed by atoms with Gasteiger partial charge in [0.05, 0.1) is 0 Å². The Morgan fingerprint density at radius 3 is 2.23 bits per heavy atom. The molecule has 0 unspecified atom stereocenters. The van der Waals surface area contributed by atoms with E-state index in [1.165, 1.54) is 24.0 Å². The van der Waals surface area contributed by atoms with Gasteiger partial charge in [0.2, 0.25) is 0 Å². The number of hydrogen-bond acceptors (Lipinski definition) is 3. The minimum atomic E-state index is 0. The van der Waals surface area contributed by atoms with Crippen LogP contribution < -0.4 is 10.1 Å². The molecule has 144 valence electrons. The quantitative estimate of drug-likeness (QED) is 0.723. The number of hydrogen-bond donors (Lipinski definition) is 1. The Kier molecular flexibility index (Phi) is 10.7. The third kappa shape index (κ3) is 6.48. The van der Waals surface area contributed by atoms with Crippen molar-refractivity contribution in [3.63, 3.8) is 0 Å². The van der Waals surface area contributed by atoms with Crippen molar-refractivity contribution >= 4 is 24.8 Å². The number of halogens is 2. The zero-order valence-corrected chi connectivity index (χ0v) is 17.0. The molecule has 0 spiro atoms. The number of nitrogens with one attached hydrogen (secondary N) is 1. The van der Waals surface area contributed by atoms with Gasteiger partial charge in [0.1, 0.15) is 12.4 Å². The molecule has 5 heteroatoms. The SMILES string of the molecule is CCC[C@H](c1ccc(OCc2ccccc2)cc1)N1CCNCC1.Cl.Cl. The average molecular weight is 397 g/mol. The molecule has 2 aromatic rings. The summed E-state index contributed by atoms with van der Waals surface area (Å²) in [6, 6.07) is 19.5. The summed E-state index contributed by atoms with van der Waals surface area (Å²) in [5, 5.41) is 3.44. The maximum atomic E-state index is 5.91. The van der Waals surface area contributed by atoms with Gasteiger partial charge in [0.15, 0.2) is 0 Å². The van der Waals surface area contributed by atoms with Gasteiger partial charge in [-0.05, 0) is 29.7 Å². The Morgan fingerprint density at radius 1 is 0.962 bits per heavy atom. The van der Waals surface area contributed by atoms with Crippen LogP contribution in [0.25, 0.3) is 0 Å². The van der Waals surface area contributed by atoms with Crippen LogP contribution in [-0.2, 0) is 6.61 Å². The molecule has 0 aliphatic carbocycles. The molecule has 0 saturated carbocycles. The molecular formula is C21H30Cl2N2O. The number of benzene rings is 2. The molecule has 3 rings (SSSR count). The number of nitrogens with zero attached hydrogens (tertiary/aromatic N) is 1. The van der Waals surface area contributed by atoms with E-state index in [2.05, 4.69) is 53.5 Å². The summed E-state index contributed by atoms with van der Waals surface area (Å²) in [6.45, 7) is 7.35. The Bertz CT molecular complexity index is 601. The fourth-order valence-electron chi connectivity index (χ4n) is 3.35. The second-order valence-electron chi connectivity index (χ2n) is 6.43. The molecule has 0 bridgehead atoms. The van der Waals surface area contributed by atoms with Crippen molar-refractivity contribution in [2.75, 3.05) is 26.2 Å². The largest absolute Gasteiger partial charge is 0.489 e. The molecule has 1 N–H and O–H groups in total. The fraction of sp³-hybridized carbons (Fsp3) is 0.429. The van der Waals surface area contributed by atoms with Crippen molar-refractivity contribution in [3.8, 4) is 5.75 Å². The molecular weight excluding hydrogens is 367 g/mol. The highest BCUT2D eigenvalue weighted by molar-refractivity contribution is 5.85. The van der Waals surface area contributed by atoms with Gasteiger partial charge in [-0.1, -0.05) is 55.8 Å². The molecule has 1 fully saturated rings. The van der Waals surface area contributed by atoms with Crippen LogP contribution in [0, 0.1) is 0 Å². The van der Waals surface area contributed by atoms with Gasteiger partial charge in [-0.15, -0.1) is 24.8 Å². The smallest absolute Gasteiger partial charge is 0.119 e. The minimum absolute atomic E-state index is 0. The van der Waals surface area contributed by atoms with Crippen molar-refractivity contribution in [3.05, 3.63) is 65.7 Å². The number of ether oxygens (including phenoxy) is 1. The maximum absolute atomic E-state index is 5.91. The topological polar surface area (TPSA) is 24.5 Å². The highest BCUT2D eigenvalue weighted by atomic mass is 35.5. The summed E-state index contributed by atoms with van der Waals surface area (Å²) >= 11 is 0. The van der Waals surface area contributed by atoms with Crippen LogP contribution in [0.3, 0.4) is 0 Å². The lowest BCUT2D eigenvalue weighted by molar-refractivity contribution is 0.164. The Labute approximate surface area is 169 Å². The Hall–Kier alpha value is -1.26. The molecule has 1 atom stereocenters. The standard InChI is InChI=1S/C21H28N2O.2ClH/c1-2-6-21(23-15-13-22-14-16-23)19-9-11-20(12-10-19)24-17-18-7-4-3-5-8-18;;/h3-5,7-12,21-22H,2,6,13-17H2,1H3;2*1H/t21-;;/m1../s1. The van der Waals surface area contributed by atoms with Crippen molar-refractivity contribution < 1.29 is 4.74 Å². The first-order valence-electron chi connectivity index (χ1n) is 9.08. The summed E-state index contributed by atoms with van der Waals surface area (Å²) in [4.78, 5) is 2.61. The van der Waals surface area contributed by atoms with E-state index in [-0.39, 0.29) is 24.8 Å². The number of rotatable bonds is 7. The van der Waals surface area contributed by atoms with Crippen LogP contribution in [0.2, 0.25) is 0 Å². The number of piperazine rings is 1. The van der Waals surface area contributed by atoms with Gasteiger partial charge in [-0.3, -0.25) is 4.90 Å². The van der Waals surface area contributed by atoms with E-state index in [0.29, 0.717) is 12.6 Å². The van der Waals surface area contributed by atoms with Gasteiger partial charge >= 0.3 is 0 Å². The van der Waals surface area contributed by atoms with Gasteiger partial charge < -0.3 is 10.1 Å². The Morgan fingerprint density at radius 2 is 1.62 bits per heavy atom. The highest BCUT2D eigenvalue weighted by Crippen LogP contribution is 2.27. The summed E-state index contributed by atoms with van der Waals surface area (Å²) in [5.41, 5.74) is 2.61. The second-order valence-corrected chi connectivity index (χ2v) is 6.43. The fourth-order valence-corrected chi connectivity index (χ4v) is 3.35. The average Bonchev–Trinajstić information content (AvgIpc) is 2.66. The predicted octanol–water partition coefficient (Wildman–Crippen LogP) is 4.86. The lowest BCUT2D eigenvalue weighted by Crippen LogP contribution is -2.45. The van der Waals surface area contributed by atoms with Crippen molar-refractivity contribution in [2.45, 2.75) is 32.4 Å². The van der Waals surface area contributed by atoms with Crippen molar-refractivity contribution in [1.29, 1.82) is 0 Å². The van der Waals surface area contributed by atoms with Crippen LogP contribution in [0.5, 0.6) is 5.75 Å². The summed E-state index contributed by atoms with van der Waals surface area (Å²) < 4.78 is 5.91. The zero-order valence-electron chi connectivity index (χ0n) is 15.4. The second kappa shape index (κ2) is 12.2. The van der Waals surface area contributed by atoms with Crippen molar-refractivity contribution in [2.24, 2.45) is 0 Å². The molecule has 0 aromatic heterocycles. The first-order chi connectivity index (χ1) is 11.9. The van der Waals surface area contributed by atoms with Gasteiger partial charge in [0.25, 0.3) is 0 Å². The molecule has 1 aliphatic heterocycles. The van der Waals surface area contributed by atoms with Crippen LogP contribution in [0.1, 0.15) is 36.9 Å². The first kappa shape index (κ1) is 22.8. The minimum Gasteiger partial charge on any atom is -0.489 e. The van der Waals surface area contributed by atoms with Crippen LogP contribution in [-0.4, -0.2) is 31.1 Å². The van der Waals surface area contributed by atoms with E-state index in [9.17, 15) is 0 Å². The van der Waals surface area contributed by atoms with Gasteiger partial charge in [-0.25, -0.2) is 0 Å². The lowest BCUT2D eigenvalue weighted by Gasteiger charge is -2.35. The Balaban J connectivity index is 0.00000169. The first-order valence-corrected chi connectivity index (χ1v) is 9.08. The van der Waals surface area contributed by atoms with E-state index < -0.39 is 0 Å². The van der Waals surface area contributed by atoms with Crippen molar-refractivity contribution in [1.82, 2.24) is 10.2 Å². The molecule has 1 heterocycles. The predicted molar refractivity (Wildman–Crippen MR) is 114 cm³/mol. The van der Waals surface area contributed by atoms with Crippen LogP contribution >= 0.6 is 24.8 Å². The normalized spacial score (nSPS) is 15.4. The molecule has 0 radical (unpaired) electrons. The lowest BCUT2D eigenvalue weighted by atomic mass is 10.00. The van der Waals surface area contributed by atoms with Gasteiger partial charge in [0, 0.05) is 32.2 Å². The molecule has 0 amide bonds. The van der Waals surface area contributed by atoms with Crippen LogP contribution in [0.15, 0.2) is 54.6 Å². The van der Waals surface area contributed by atoms with E-state index >= 15 is 0 Å². The molecule has 3 nitrogen and oxygen atoms in total. The molecule has 26 heavy (non-hydrogen) atoms. The zero-order chi connectivity index (χ0) is 16.6. The van der Waals surface area contributed by atoms with Gasteiger partial charge in [-0.2, -0.15) is 0 Å². The maximum Gasteiger partial charge on any atom is 0.119 e. The van der Waals surface area contributed by atoms with E-state index in [0.717, 1.165) is 31.9 Å². The van der Waals surface area contributed by atoms with E-state index in [1.54, 1.807) is 0 Å². The summed E-state index contributed by atoms with van der Waals surface area (Å²) in [6.07, 6.45) is 2.42. The summed E-state index contributed by atoms with van der Waals surface area (Å²) in [5.74, 6) is 0.943. The molecule has 2 aromatic carbocycles. The highest BCUT2D eigenvalue weighted by Gasteiger charge is 2.21. The van der Waals surface area contributed by atoms with E-state index in [1.807, 2.05) is 18.2 Å². The molecule has 1 saturated heterocycles. The summed E-state index contributed by atoms with van der Waals surface area (Å²) in [7, 11) is 0. The monoisotopic (exact) mass is 396 g/mol. The third-order valence-electron chi connectivity index (χ3n) is 4.67. The third-order valence-corrected chi connectivity index (χ3v) is 4.67.